The number of likely N-dealkylation sites (N-methyl/N-ethyl adjacent to an activating group) is 1. The van der Waals surface area contributed by atoms with Crippen molar-refractivity contribution in [3.63, 3.8) is 0 Å². The molecule has 0 spiro atoms. The summed E-state index contributed by atoms with van der Waals surface area (Å²) < 4.78 is 13.7. The van der Waals surface area contributed by atoms with Crippen LogP contribution in [0.3, 0.4) is 0 Å². The SMILES string of the molecule is CC(CO)N(C)C(=O)c1ccc(C#CCN)c(F)c1. The molecule has 0 aliphatic rings. The van der Waals surface area contributed by atoms with Crippen LogP contribution in [0.2, 0.25) is 0 Å². The molecule has 1 amide bonds. The second-order valence-corrected chi connectivity index (χ2v) is 4.15. The van der Waals surface area contributed by atoms with Crippen LogP contribution >= 0.6 is 0 Å². The zero-order chi connectivity index (χ0) is 14.4. The van der Waals surface area contributed by atoms with Gasteiger partial charge in [-0.3, -0.25) is 4.79 Å². The highest BCUT2D eigenvalue weighted by atomic mass is 19.1. The minimum Gasteiger partial charge on any atom is -0.394 e. The van der Waals surface area contributed by atoms with E-state index in [2.05, 4.69) is 11.8 Å². The topological polar surface area (TPSA) is 66.6 Å². The Kier molecular flexibility index (Phi) is 5.49. The smallest absolute Gasteiger partial charge is 0.254 e. The molecular weight excluding hydrogens is 247 g/mol. The normalized spacial score (nSPS) is 11.4. The first-order valence-electron chi connectivity index (χ1n) is 5.87. The van der Waals surface area contributed by atoms with Gasteiger partial charge in [0, 0.05) is 12.6 Å². The van der Waals surface area contributed by atoms with E-state index in [1.54, 1.807) is 14.0 Å². The number of aliphatic hydroxyl groups is 1. The standard InChI is InChI=1S/C14H17FN2O2/c1-10(9-18)17(2)14(19)12-6-5-11(4-3-7-16)13(15)8-12/h5-6,8,10,18H,7,9,16H2,1-2H3. The van der Waals surface area contributed by atoms with Crippen LogP contribution in [-0.2, 0) is 0 Å². The Bertz CT molecular complexity index is 520. The molecule has 0 radical (unpaired) electrons. The fraction of sp³-hybridized carbons (Fsp3) is 0.357. The predicted molar refractivity (Wildman–Crippen MR) is 71.0 cm³/mol. The third-order valence-corrected chi connectivity index (χ3v) is 2.79. The summed E-state index contributed by atoms with van der Waals surface area (Å²) in [5, 5.41) is 9.00. The Balaban J connectivity index is 2.98. The summed E-state index contributed by atoms with van der Waals surface area (Å²) in [6.45, 7) is 1.71. The van der Waals surface area contributed by atoms with Gasteiger partial charge in [-0.05, 0) is 25.1 Å². The number of hydrogen-bond acceptors (Lipinski definition) is 3. The van der Waals surface area contributed by atoms with Crippen LogP contribution in [0.15, 0.2) is 18.2 Å². The van der Waals surface area contributed by atoms with Crippen LogP contribution in [-0.4, -0.2) is 42.2 Å². The minimum absolute atomic E-state index is 0.148. The Labute approximate surface area is 112 Å². The number of amides is 1. The fourth-order valence-corrected chi connectivity index (χ4v) is 1.42. The molecule has 19 heavy (non-hydrogen) atoms. The molecule has 0 fully saturated rings. The van der Waals surface area contributed by atoms with Gasteiger partial charge < -0.3 is 15.7 Å². The molecule has 5 heteroatoms. The van der Waals surface area contributed by atoms with Gasteiger partial charge in [-0.15, -0.1) is 0 Å². The zero-order valence-electron chi connectivity index (χ0n) is 11.0. The Morgan fingerprint density at radius 3 is 2.79 bits per heavy atom. The molecule has 1 unspecified atom stereocenters. The highest BCUT2D eigenvalue weighted by Gasteiger charge is 2.17. The number of carbonyl (C=O) groups is 1. The van der Waals surface area contributed by atoms with E-state index in [0.29, 0.717) is 0 Å². The molecule has 0 aromatic heterocycles. The maximum atomic E-state index is 13.7. The van der Waals surface area contributed by atoms with Crippen molar-refractivity contribution in [1.82, 2.24) is 4.90 Å². The molecule has 0 aliphatic carbocycles. The number of carbonyl (C=O) groups excluding carboxylic acids is 1. The van der Waals surface area contributed by atoms with Crippen LogP contribution in [0.25, 0.3) is 0 Å². The lowest BCUT2D eigenvalue weighted by molar-refractivity contribution is 0.0681. The molecular formula is C14H17FN2O2. The molecule has 0 heterocycles. The molecule has 1 rings (SSSR count). The molecule has 0 saturated carbocycles. The first-order chi connectivity index (χ1) is 9.01. The van der Waals surface area contributed by atoms with E-state index in [1.807, 2.05) is 0 Å². The van der Waals surface area contributed by atoms with E-state index >= 15 is 0 Å². The monoisotopic (exact) mass is 264 g/mol. The molecule has 102 valence electrons. The third kappa shape index (κ3) is 3.78. The molecule has 0 bridgehead atoms. The van der Waals surface area contributed by atoms with Crippen molar-refractivity contribution >= 4 is 5.91 Å². The van der Waals surface area contributed by atoms with Gasteiger partial charge >= 0.3 is 0 Å². The second kappa shape index (κ2) is 6.88. The summed E-state index contributed by atoms with van der Waals surface area (Å²) in [6.07, 6.45) is 0. The van der Waals surface area contributed by atoms with Crippen molar-refractivity contribution in [1.29, 1.82) is 0 Å². The summed E-state index contributed by atoms with van der Waals surface area (Å²) in [5.74, 6) is 4.23. The fourth-order valence-electron chi connectivity index (χ4n) is 1.42. The van der Waals surface area contributed by atoms with Gasteiger partial charge in [0.2, 0.25) is 0 Å². The van der Waals surface area contributed by atoms with Gasteiger partial charge in [0.25, 0.3) is 5.91 Å². The first-order valence-corrected chi connectivity index (χ1v) is 5.87. The Morgan fingerprint density at radius 2 is 2.26 bits per heavy atom. The first kappa shape index (κ1) is 15.2. The summed E-state index contributed by atoms with van der Waals surface area (Å²) in [4.78, 5) is 13.4. The van der Waals surface area contributed by atoms with Gasteiger partial charge in [-0.1, -0.05) is 11.8 Å². The Morgan fingerprint density at radius 1 is 1.58 bits per heavy atom. The van der Waals surface area contributed by atoms with E-state index in [0.717, 1.165) is 6.07 Å². The summed E-state index contributed by atoms with van der Waals surface area (Å²) >= 11 is 0. The van der Waals surface area contributed by atoms with Crippen molar-refractivity contribution in [2.24, 2.45) is 5.73 Å². The molecule has 4 nitrogen and oxygen atoms in total. The van der Waals surface area contributed by atoms with Crippen LogP contribution in [0.4, 0.5) is 4.39 Å². The van der Waals surface area contributed by atoms with Gasteiger partial charge in [0.1, 0.15) is 5.82 Å². The average molecular weight is 264 g/mol. The van der Waals surface area contributed by atoms with Crippen molar-refractivity contribution < 1.29 is 14.3 Å². The van der Waals surface area contributed by atoms with Crippen LogP contribution in [0.1, 0.15) is 22.8 Å². The van der Waals surface area contributed by atoms with Gasteiger partial charge in [0.15, 0.2) is 0 Å². The van der Waals surface area contributed by atoms with Crippen LogP contribution in [0, 0.1) is 17.7 Å². The van der Waals surface area contributed by atoms with E-state index in [9.17, 15) is 9.18 Å². The zero-order valence-corrected chi connectivity index (χ0v) is 11.0. The molecule has 3 N–H and O–H groups in total. The lowest BCUT2D eigenvalue weighted by Gasteiger charge is -2.23. The number of nitrogens with two attached hydrogens (primary N) is 1. The average Bonchev–Trinajstić information content (AvgIpc) is 2.43. The van der Waals surface area contributed by atoms with E-state index in [-0.39, 0.29) is 36.2 Å². The number of halogens is 1. The van der Waals surface area contributed by atoms with Crippen molar-refractivity contribution in [2.45, 2.75) is 13.0 Å². The Hall–Kier alpha value is -1.90. The number of hydrogen-bond donors (Lipinski definition) is 2. The molecule has 0 saturated heterocycles. The van der Waals surface area contributed by atoms with Crippen LogP contribution < -0.4 is 5.73 Å². The maximum Gasteiger partial charge on any atom is 0.254 e. The number of benzene rings is 1. The quantitative estimate of drug-likeness (QED) is 0.785. The summed E-state index contributed by atoms with van der Waals surface area (Å²) in [5.41, 5.74) is 5.64. The summed E-state index contributed by atoms with van der Waals surface area (Å²) in [6, 6.07) is 3.77. The van der Waals surface area contributed by atoms with Crippen LogP contribution in [0.5, 0.6) is 0 Å². The van der Waals surface area contributed by atoms with Crippen molar-refractivity contribution in [3.05, 3.63) is 35.1 Å². The molecule has 1 aromatic rings. The van der Waals surface area contributed by atoms with E-state index in [1.165, 1.54) is 17.0 Å². The van der Waals surface area contributed by atoms with E-state index < -0.39 is 5.82 Å². The predicted octanol–water partition coefficient (Wildman–Crippen LogP) is 0.589. The van der Waals surface area contributed by atoms with Gasteiger partial charge in [0.05, 0.1) is 24.8 Å². The van der Waals surface area contributed by atoms with Crippen molar-refractivity contribution in [3.8, 4) is 11.8 Å². The highest BCUT2D eigenvalue weighted by molar-refractivity contribution is 5.94. The summed E-state index contributed by atoms with van der Waals surface area (Å²) in [7, 11) is 1.56. The minimum atomic E-state index is -0.558. The largest absolute Gasteiger partial charge is 0.394 e. The molecule has 1 atom stereocenters. The maximum absolute atomic E-state index is 13.7. The number of nitrogens with zero attached hydrogens (tertiary/aromatic N) is 1. The van der Waals surface area contributed by atoms with E-state index in [4.69, 9.17) is 10.8 Å². The molecule has 0 aliphatic heterocycles. The highest BCUT2D eigenvalue weighted by Crippen LogP contribution is 2.12. The van der Waals surface area contributed by atoms with Crippen molar-refractivity contribution in [2.75, 3.05) is 20.2 Å². The molecule has 1 aromatic carbocycles. The third-order valence-electron chi connectivity index (χ3n) is 2.79. The lowest BCUT2D eigenvalue weighted by atomic mass is 10.1. The lowest BCUT2D eigenvalue weighted by Crippen LogP contribution is -2.37. The van der Waals surface area contributed by atoms with Gasteiger partial charge in [-0.2, -0.15) is 0 Å². The number of rotatable bonds is 3. The van der Waals surface area contributed by atoms with Gasteiger partial charge in [-0.25, -0.2) is 4.39 Å². The second-order valence-electron chi connectivity index (χ2n) is 4.15. The number of aliphatic hydroxyl groups excluding tert-OH is 1.